The standard InChI is InChI=1S/C22H28N2O4S/c1-7-28-22(27)19-15(4)20(16(5)25)29-21(19)23-18(26)12-24(6)11-17-9-8-13(2)10-14(17)3/h8-10H,7,11-12H2,1-6H3,(H,23,26). The number of hydrogen-bond donors (Lipinski definition) is 1. The summed E-state index contributed by atoms with van der Waals surface area (Å²) < 4.78 is 5.10. The molecule has 1 heterocycles. The van der Waals surface area contributed by atoms with Crippen LogP contribution < -0.4 is 5.32 Å². The second-order valence-corrected chi connectivity index (χ2v) is 8.21. The predicted octanol–water partition coefficient (Wildman–Crippen LogP) is 4.12. The molecular formula is C22H28N2O4S. The second-order valence-electron chi connectivity index (χ2n) is 7.19. The molecule has 7 heteroatoms. The molecule has 0 bridgehead atoms. The number of likely N-dealkylation sites (N-methyl/N-ethyl adjacent to an activating group) is 1. The number of ketones is 1. The number of carbonyl (C=O) groups excluding carboxylic acids is 3. The number of rotatable bonds is 8. The summed E-state index contributed by atoms with van der Waals surface area (Å²) in [4.78, 5) is 39.2. The van der Waals surface area contributed by atoms with Crippen LogP contribution in [-0.4, -0.2) is 42.8 Å². The molecule has 0 unspecified atom stereocenters. The molecule has 1 aromatic carbocycles. The Kier molecular flexibility index (Phi) is 7.70. The summed E-state index contributed by atoms with van der Waals surface area (Å²) in [5.74, 6) is -0.933. The zero-order valence-electron chi connectivity index (χ0n) is 17.8. The zero-order chi connectivity index (χ0) is 21.7. The van der Waals surface area contributed by atoms with Gasteiger partial charge in [0.2, 0.25) is 5.91 Å². The Balaban J connectivity index is 2.14. The fraction of sp³-hybridized carbons (Fsp3) is 0.409. The van der Waals surface area contributed by atoms with Crippen LogP contribution in [0, 0.1) is 20.8 Å². The Hall–Kier alpha value is -2.51. The number of hydrogen-bond acceptors (Lipinski definition) is 6. The van der Waals surface area contributed by atoms with Crippen molar-refractivity contribution in [2.45, 2.75) is 41.2 Å². The molecular weight excluding hydrogens is 388 g/mol. The number of nitrogens with zero attached hydrogens (tertiary/aromatic N) is 1. The number of carbonyl (C=O) groups is 3. The normalized spacial score (nSPS) is 10.9. The van der Waals surface area contributed by atoms with Crippen LogP contribution in [0.5, 0.6) is 0 Å². The third-order valence-corrected chi connectivity index (χ3v) is 5.86. The fourth-order valence-electron chi connectivity index (χ4n) is 3.17. The van der Waals surface area contributed by atoms with E-state index in [1.165, 1.54) is 18.1 Å². The molecule has 6 nitrogen and oxygen atoms in total. The van der Waals surface area contributed by atoms with Gasteiger partial charge in [-0.1, -0.05) is 23.8 Å². The lowest BCUT2D eigenvalue weighted by atomic mass is 10.1. The number of thiophene rings is 1. The molecule has 2 aromatic rings. The highest BCUT2D eigenvalue weighted by molar-refractivity contribution is 7.18. The number of ether oxygens (including phenoxy) is 1. The Labute approximate surface area is 175 Å². The van der Waals surface area contributed by atoms with Crippen molar-refractivity contribution in [1.82, 2.24) is 4.90 Å². The Morgan fingerprint density at radius 1 is 1.17 bits per heavy atom. The van der Waals surface area contributed by atoms with Crippen molar-refractivity contribution < 1.29 is 19.1 Å². The average molecular weight is 417 g/mol. The molecule has 2 rings (SSSR count). The van der Waals surface area contributed by atoms with Gasteiger partial charge in [0.15, 0.2) is 5.78 Å². The Morgan fingerprint density at radius 2 is 1.86 bits per heavy atom. The molecule has 1 aromatic heterocycles. The van der Waals surface area contributed by atoms with E-state index in [4.69, 9.17) is 4.74 Å². The molecule has 0 fully saturated rings. The number of esters is 1. The molecule has 1 N–H and O–H groups in total. The van der Waals surface area contributed by atoms with Crippen molar-refractivity contribution in [2.75, 3.05) is 25.5 Å². The van der Waals surface area contributed by atoms with E-state index in [1.807, 2.05) is 18.9 Å². The second kappa shape index (κ2) is 9.80. The summed E-state index contributed by atoms with van der Waals surface area (Å²) in [5.41, 5.74) is 4.34. The van der Waals surface area contributed by atoms with Crippen LogP contribution in [0.3, 0.4) is 0 Å². The summed E-state index contributed by atoms with van der Waals surface area (Å²) in [6.07, 6.45) is 0. The van der Waals surface area contributed by atoms with Gasteiger partial charge in [-0.15, -0.1) is 11.3 Å². The zero-order valence-corrected chi connectivity index (χ0v) is 18.7. The van der Waals surface area contributed by atoms with Crippen LogP contribution in [0.1, 0.15) is 56.1 Å². The molecule has 156 valence electrons. The van der Waals surface area contributed by atoms with Crippen molar-refractivity contribution >= 4 is 34.0 Å². The molecule has 0 aliphatic rings. The van der Waals surface area contributed by atoms with Crippen molar-refractivity contribution in [1.29, 1.82) is 0 Å². The molecule has 0 atom stereocenters. The lowest BCUT2D eigenvalue weighted by molar-refractivity contribution is -0.117. The number of Topliss-reactive ketones (excluding diaryl/α,β-unsaturated/α-hetero) is 1. The summed E-state index contributed by atoms with van der Waals surface area (Å²) in [6, 6.07) is 6.24. The van der Waals surface area contributed by atoms with Gasteiger partial charge in [0.1, 0.15) is 5.00 Å². The monoisotopic (exact) mass is 416 g/mol. The molecule has 0 saturated carbocycles. The molecule has 29 heavy (non-hydrogen) atoms. The minimum Gasteiger partial charge on any atom is -0.462 e. The lowest BCUT2D eigenvalue weighted by Crippen LogP contribution is -2.30. The Bertz CT molecular complexity index is 933. The van der Waals surface area contributed by atoms with Crippen molar-refractivity contribution in [2.24, 2.45) is 0 Å². The average Bonchev–Trinajstić information content (AvgIpc) is 2.93. The fourth-order valence-corrected chi connectivity index (χ4v) is 4.27. The van der Waals surface area contributed by atoms with E-state index in [9.17, 15) is 14.4 Å². The first-order valence-electron chi connectivity index (χ1n) is 9.50. The van der Waals surface area contributed by atoms with Crippen LogP contribution >= 0.6 is 11.3 Å². The molecule has 0 spiro atoms. The first kappa shape index (κ1) is 22.8. The van der Waals surface area contributed by atoms with E-state index in [0.29, 0.717) is 22.0 Å². The number of nitrogens with one attached hydrogen (secondary N) is 1. The molecule has 0 aliphatic carbocycles. The van der Waals surface area contributed by atoms with Gasteiger partial charge in [-0.05, 0) is 58.4 Å². The molecule has 0 radical (unpaired) electrons. The van der Waals surface area contributed by atoms with Gasteiger partial charge in [-0.25, -0.2) is 4.79 Å². The highest BCUT2D eigenvalue weighted by Gasteiger charge is 2.25. The topological polar surface area (TPSA) is 75.7 Å². The van der Waals surface area contributed by atoms with Gasteiger partial charge in [0.05, 0.1) is 23.6 Å². The van der Waals surface area contributed by atoms with Gasteiger partial charge in [0, 0.05) is 6.54 Å². The number of amides is 1. The number of anilines is 1. The van der Waals surface area contributed by atoms with E-state index in [2.05, 4.69) is 30.4 Å². The smallest absolute Gasteiger partial charge is 0.341 e. The minimum atomic E-state index is -0.535. The summed E-state index contributed by atoms with van der Waals surface area (Å²) in [6.45, 7) is 9.96. The van der Waals surface area contributed by atoms with Crippen LogP contribution in [0.4, 0.5) is 5.00 Å². The number of aryl methyl sites for hydroxylation is 2. The molecule has 0 aliphatic heterocycles. The van der Waals surface area contributed by atoms with Crippen LogP contribution in [0.25, 0.3) is 0 Å². The van der Waals surface area contributed by atoms with Crippen LogP contribution in [-0.2, 0) is 16.1 Å². The van der Waals surface area contributed by atoms with Crippen molar-refractivity contribution in [3.05, 3.63) is 50.9 Å². The minimum absolute atomic E-state index is 0.148. The van der Waals surface area contributed by atoms with Gasteiger partial charge in [-0.2, -0.15) is 0 Å². The SMILES string of the molecule is CCOC(=O)c1c(NC(=O)CN(C)Cc2ccc(C)cc2C)sc(C(C)=O)c1C. The summed E-state index contributed by atoms with van der Waals surface area (Å²) in [7, 11) is 1.87. The van der Waals surface area contributed by atoms with Crippen LogP contribution in [0.15, 0.2) is 18.2 Å². The van der Waals surface area contributed by atoms with E-state index < -0.39 is 5.97 Å². The summed E-state index contributed by atoms with van der Waals surface area (Å²) in [5, 5.41) is 3.15. The van der Waals surface area contributed by atoms with Gasteiger partial charge >= 0.3 is 5.97 Å². The number of benzene rings is 1. The summed E-state index contributed by atoms with van der Waals surface area (Å²) >= 11 is 1.11. The van der Waals surface area contributed by atoms with Gasteiger partial charge in [-0.3, -0.25) is 14.5 Å². The third kappa shape index (κ3) is 5.74. The predicted molar refractivity (Wildman–Crippen MR) is 116 cm³/mol. The maximum absolute atomic E-state index is 12.6. The van der Waals surface area contributed by atoms with Crippen molar-refractivity contribution in [3.8, 4) is 0 Å². The molecule has 1 amide bonds. The largest absolute Gasteiger partial charge is 0.462 e. The van der Waals surface area contributed by atoms with E-state index in [0.717, 1.165) is 16.9 Å². The maximum atomic E-state index is 12.6. The first-order chi connectivity index (χ1) is 13.6. The van der Waals surface area contributed by atoms with E-state index in [1.54, 1.807) is 13.8 Å². The molecule has 0 saturated heterocycles. The van der Waals surface area contributed by atoms with E-state index in [-0.39, 0.29) is 30.4 Å². The Morgan fingerprint density at radius 3 is 2.45 bits per heavy atom. The highest BCUT2D eigenvalue weighted by Crippen LogP contribution is 2.34. The quantitative estimate of drug-likeness (QED) is 0.517. The third-order valence-electron chi connectivity index (χ3n) is 4.55. The van der Waals surface area contributed by atoms with Crippen molar-refractivity contribution in [3.63, 3.8) is 0 Å². The van der Waals surface area contributed by atoms with Crippen LogP contribution in [0.2, 0.25) is 0 Å². The van der Waals surface area contributed by atoms with E-state index >= 15 is 0 Å². The van der Waals surface area contributed by atoms with Gasteiger partial charge in [0.25, 0.3) is 0 Å². The first-order valence-corrected chi connectivity index (χ1v) is 10.3. The van der Waals surface area contributed by atoms with Gasteiger partial charge < -0.3 is 10.1 Å². The lowest BCUT2D eigenvalue weighted by Gasteiger charge is -2.18. The highest BCUT2D eigenvalue weighted by atomic mass is 32.1. The maximum Gasteiger partial charge on any atom is 0.341 e.